The molecule has 0 spiro atoms. The molecule has 0 N–H and O–H groups in total. The topological polar surface area (TPSA) is 66.9 Å². The van der Waals surface area contributed by atoms with Crippen molar-refractivity contribution in [3.05, 3.63) is 58.3 Å². The van der Waals surface area contributed by atoms with E-state index in [-0.39, 0.29) is 11.9 Å². The molecule has 2 saturated heterocycles. The second-order valence-electron chi connectivity index (χ2n) is 7.07. The summed E-state index contributed by atoms with van der Waals surface area (Å²) in [5.74, 6) is -1.70. The smallest absolute Gasteiger partial charge is 0.328 e. The second-order valence-corrected chi connectivity index (χ2v) is 8.05. The van der Waals surface area contributed by atoms with E-state index in [2.05, 4.69) is 0 Å². The van der Waals surface area contributed by atoms with Gasteiger partial charge in [0, 0.05) is 17.3 Å². The van der Waals surface area contributed by atoms with Crippen molar-refractivity contribution < 1.29 is 19.1 Å². The molecule has 0 aliphatic carbocycles. The van der Waals surface area contributed by atoms with Crippen molar-refractivity contribution >= 4 is 29.2 Å². The van der Waals surface area contributed by atoms with Crippen LogP contribution < -0.4 is 0 Å². The van der Waals surface area contributed by atoms with Crippen LogP contribution in [0.5, 0.6) is 0 Å². The number of rotatable bonds is 5. The molecule has 0 saturated carbocycles. The Morgan fingerprint density at radius 3 is 2.46 bits per heavy atom. The zero-order chi connectivity index (χ0) is 19.8. The maximum atomic E-state index is 13.3. The lowest BCUT2D eigenvalue weighted by atomic mass is 9.81. The van der Waals surface area contributed by atoms with E-state index in [1.165, 1.54) is 23.3 Å². The minimum atomic E-state index is -0.697. The molecule has 146 valence electrons. The Hall–Kier alpha value is -2.67. The fraction of sp³-hybridized carbons (Fsp3) is 0.381. The highest BCUT2D eigenvalue weighted by molar-refractivity contribution is 7.10. The molecule has 4 atom stereocenters. The second kappa shape index (κ2) is 7.39. The minimum Gasteiger partial charge on any atom is -0.469 e. The predicted octanol–water partition coefficient (Wildman–Crippen LogP) is 3.42. The molecule has 3 heterocycles. The van der Waals surface area contributed by atoms with Crippen LogP contribution in [0.3, 0.4) is 0 Å². The number of ether oxygens (including phenoxy) is 1. The molecule has 0 bridgehead atoms. The van der Waals surface area contributed by atoms with Crippen LogP contribution in [0.2, 0.25) is 0 Å². The van der Waals surface area contributed by atoms with Crippen molar-refractivity contribution in [2.45, 2.75) is 31.3 Å². The Labute approximate surface area is 167 Å². The van der Waals surface area contributed by atoms with Gasteiger partial charge in [-0.3, -0.25) is 14.5 Å². The van der Waals surface area contributed by atoms with Crippen molar-refractivity contribution in [2.24, 2.45) is 5.92 Å². The van der Waals surface area contributed by atoms with Gasteiger partial charge in [-0.05, 0) is 23.4 Å². The van der Waals surface area contributed by atoms with Crippen LogP contribution in [0.25, 0.3) is 0 Å². The van der Waals surface area contributed by atoms with Gasteiger partial charge in [0.25, 0.3) is 5.91 Å². The van der Waals surface area contributed by atoms with Crippen LogP contribution in [0.1, 0.15) is 35.7 Å². The van der Waals surface area contributed by atoms with Crippen LogP contribution >= 0.6 is 11.3 Å². The number of hydrogen-bond acceptors (Lipinski definition) is 5. The monoisotopic (exact) mass is 398 g/mol. The largest absolute Gasteiger partial charge is 0.469 e. The number of carbonyl (C=O) groups excluding carboxylic acids is 3. The van der Waals surface area contributed by atoms with Crippen LogP contribution in [-0.4, -0.2) is 47.4 Å². The number of urea groups is 1. The highest BCUT2D eigenvalue weighted by Crippen LogP contribution is 2.54. The molecule has 2 aliphatic rings. The molecule has 2 aliphatic heterocycles. The average molecular weight is 398 g/mol. The van der Waals surface area contributed by atoms with E-state index in [4.69, 9.17) is 4.74 Å². The van der Waals surface area contributed by atoms with Crippen molar-refractivity contribution in [1.29, 1.82) is 0 Å². The van der Waals surface area contributed by atoms with E-state index in [1.807, 2.05) is 54.8 Å². The Bertz CT molecular complexity index is 883. The minimum absolute atomic E-state index is 0.228. The summed E-state index contributed by atoms with van der Waals surface area (Å²) in [6, 6.07) is 11.8. The molecule has 4 unspecified atom stereocenters. The average Bonchev–Trinajstić information content (AvgIpc) is 3.41. The standard InChI is InChI=1S/C21H22N2O4S/c1-3-11-22-19(24)18-15(13-8-5-4-6-9-13)16(20(25)27-2)17(23(18)21(22)26)14-10-7-12-28-14/h4-10,12,15-18H,3,11H2,1-2H3. The van der Waals surface area contributed by atoms with Gasteiger partial charge < -0.3 is 9.64 Å². The van der Waals surface area contributed by atoms with E-state index in [1.54, 1.807) is 4.90 Å². The lowest BCUT2D eigenvalue weighted by Crippen LogP contribution is -2.38. The zero-order valence-electron chi connectivity index (χ0n) is 15.8. The van der Waals surface area contributed by atoms with Crippen molar-refractivity contribution in [3.63, 3.8) is 0 Å². The highest BCUT2D eigenvalue weighted by atomic mass is 32.1. The normalized spacial score (nSPS) is 26.6. The summed E-state index contributed by atoms with van der Waals surface area (Å²) in [6.07, 6.45) is 0.693. The van der Waals surface area contributed by atoms with E-state index >= 15 is 0 Å². The fourth-order valence-electron chi connectivity index (χ4n) is 4.50. The molecule has 3 amide bonds. The third kappa shape index (κ3) is 2.73. The fourth-order valence-corrected chi connectivity index (χ4v) is 5.37. The summed E-state index contributed by atoms with van der Waals surface area (Å²) in [6.45, 7) is 2.32. The maximum absolute atomic E-state index is 13.3. The lowest BCUT2D eigenvalue weighted by Gasteiger charge is -2.26. The number of esters is 1. The summed E-state index contributed by atoms with van der Waals surface area (Å²) in [5.41, 5.74) is 0.867. The van der Waals surface area contributed by atoms with E-state index in [0.29, 0.717) is 13.0 Å². The van der Waals surface area contributed by atoms with Crippen LogP contribution in [0.4, 0.5) is 4.79 Å². The number of fused-ring (bicyclic) bond motifs is 1. The molecule has 1 aromatic heterocycles. The molecule has 0 radical (unpaired) electrons. The molecule has 1 aromatic carbocycles. The molecule has 6 nitrogen and oxygen atoms in total. The van der Waals surface area contributed by atoms with Gasteiger partial charge in [-0.1, -0.05) is 43.3 Å². The Kier molecular flexibility index (Phi) is 4.93. The first-order valence-electron chi connectivity index (χ1n) is 9.40. The number of amides is 3. The molecule has 2 fully saturated rings. The van der Waals surface area contributed by atoms with Crippen molar-refractivity contribution in [3.8, 4) is 0 Å². The number of nitrogens with zero attached hydrogens (tertiary/aromatic N) is 2. The first kappa shape index (κ1) is 18.7. The third-order valence-corrected chi connectivity index (χ3v) is 6.52. The molecule has 4 rings (SSSR count). The zero-order valence-corrected chi connectivity index (χ0v) is 16.6. The van der Waals surface area contributed by atoms with Gasteiger partial charge in [0.05, 0.1) is 19.1 Å². The van der Waals surface area contributed by atoms with E-state index in [9.17, 15) is 14.4 Å². The highest BCUT2D eigenvalue weighted by Gasteiger charge is 2.63. The first-order chi connectivity index (χ1) is 13.6. The van der Waals surface area contributed by atoms with Crippen LogP contribution in [-0.2, 0) is 14.3 Å². The number of imide groups is 1. The Balaban J connectivity index is 1.89. The van der Waals surface area contributed by atoms with Gasteiger partial charge in [0.15, 0.2) is 0 Å². The Morgan fingerprint density at radius 1 is 1.11 bits per heavy atom. The van der Waals surface area contributed by atoms with Gasteiger partial charge in [0.1, 0.15) is 6.04 Å². The van der Waals surface area contributed by atoms with Crippen LogP contribution in [0, 0.1) is 5.92 Å². The molecule has 7 heteroatoms. The first-order valence-corrected chi connectivity index (χ1v) is 10.3. The van der Waals surface area contributed by atoms with Gasteiger partial charge >= 0.3 is 12.0 Å². The van der Waals surface area contributed by atoms with Gasteiger partial charge in [0.2, 0.25) is 0 Å². The number of hydrogen-bond donors (Lipinski definition) is 0. The molecular weight excluding hydrogens is 376 g/mol. The Morgan fingerprint density at radius 2 is 1.86 bits per heavy atom. The summed E-state index contributed by atoms with van der Waals surface area (Å²) < 4.78 is 5.13. The van der Waals surface area contributed by atoms with Crippen molar-refractivity contribution in [1.82, 2.24) is 9.80 Å². The summed E-state index contributed by atoms with van der Waals surface area (Å²) in [4.78, 5) is 43.2. The predicted molar refractivity (Wildman–Crippen MR) is 105 cm³/mol. The van der Waals surface area contributed by atoms with Crippen LogP contribution in [0.15, 0.2) is 47.8 Å². The number of carbonyl (C=O) groups is 3. The number of thiophene rings is 1. The van der Waals surface area contributed by atoms with Gasteiger partial charge in [-0.15, -0.1) is 11.3 Å². The SMILES string of the molecule is CCCN1C(=O)C2C(c3ccccc3)C(C(=O)OC)C(c3cccs3)N2C1=O. The maximum Gasteiger partial charge on any atom is 0.328 e. The lowest BCUT2D eigenvalue weighted by molar-refractivity contribution is -0.146. The third-order valence-electron chi connectivity index (χ3n) is 5.58. The van der Waals surface area contributed by atoms with Gasteiger partial charge in [-0.25, -0.2) is 4.79 Å². The molecule has 2 aromatic rings. The van der Waals surface area contributed by atoms with Gasteiger partial charge in [-0.2, -0.15) is 0 Å². The molecule has 28 heavy (non-hydrogen) atoms. The number of methoxy groups -OCH3 is 1. The number of benzene rings is 1. The van der Waals surface area contributed by atoms with E-state index in [0.717, 1.165) is 10.4 Å². The summed E-state index contributed by atoms with van der Waals surface area (Å²) in [7, 11) is 1.35. The van der Waals surface area contributed by atoms with Crippen molar-refractivity contribution in [2.75, 3.05) is 13.7 Å². The summed E-state index contributed by atoms with van der Waals surface area (Å²) in [5, 5.41) is 1.92. The summed E-state index contributed by atoms with van der Waals surface area (Å²) >= 11 is 1.48. The van der Waals surface area contributed by atoms with E-state index < -0.39 is 29.9 Å². The quantitative estimate of drug-likeness (QED) is 0.572. The molecular formula is C21H22N2O4S.